The van der Waals surface area contributed by atoms with Crippen molar-refractivity contribution in [3.63, 3.8) is 0 Å². The average Bonchev–Trinajstić information content (AvgIpc) is 4.01. The van der Waals surface area contributed by atoms with Gasteiger partial charge in [0.2, 0.25) is 5.91 Å². The van der Waals surface area contributed by atoms with Gasteiger partial charge in [-0.15, -0.1) is 0 Å². The first kappa shape index (κ1) is 41.6. The molecule has 4 aromatic rings. The zero-order chi connectivity index (χ0) is 43.0. The number of fused-ring (bicyclic) bond motifs is 4. The smallest absolute Gasteiger partial charge is 0.410 e. The van der Waals surface area contributed by atoms with Gasteiger partial charge in [0.1, 0.15) is 11.1 Å². The van der Waals surface area contributed by atoms with Crippen molar-refractivity contribution >= 4 is 65.3 Å². The highest BCUT2D eigenvalue weighted by Crippen LogP contribution is 2.62. The van der Waals surface area contributed by atoms with Crippen molar-refractivity contribution in [1.82, 2.24) is 19.4 Å². The van der Waals surface area contributed by atoms with Gasteiger partial charge in [-0.25, -0.2) is 14.2 Å². The molecule has 0 N–H and O–H groups in total. The third-order valence-corrected chi connectivity index (χ3v) is 19.9. The van der Waals surface area contributed by atoms with Crippen molar-refractivity contribution in [2.45, 2.75) is 153 Å². The van der Waals surface area contributed by atoms with E-state index in [0.29, 0.717) is 40.2 Å². The normalized spacial score (nSPS) is 24.7. The Morgan fingerprint density at radius 2 is 1.78 bits per heavy atom. The Hall–Kier alpha value is -3.69. The number of pyridine rings is 1. The van der Waals surface area contributed by atoms with Crippen LogP contribution in [0.4, 0.5) is 9.18 Å². The Balaban J connectivity index is 1.29. The van der Waals surface area contributed by atoms with Crippen molar-refractivity contribution in [1.29, 1.82) is 5.26 Å². The van der Waals surface area contributed by atoms with E-state index in [2.05, 4.69) is 55.5 Å². The lowest BCUT2D eigenvalue weighted by Gasteiger charge is -2.41. The van der Waals surface area contributed by atoms with E-state index in [1.165, 1.54) is 0 Å². The summed E-state index contributed by atoms with van der Waals surface area (Å²) in [5.74, 6) is -0.192. The van der Waals surface area contributed by atoms with Crippen LogP contribution in [0.25, 0.3) is 32.9 Å². The Kier molecular flexibility index (Phi) is 9.83. The molecule has 10 rings (SSSR count). The second-order valence-corrected chi connectivity index (χ2v) is 26.2. The second kappa shape index (κ2) is 14.2. The van der Waals surface area contributed by atoms with Gasteiger partial charge in [0.05, 0.1) is 51.4 Å². The number of hydrogen-bond donors (Lipinski definition) is 0. The number of nitriles is 1. The number of aromatic nitrogens is 2. The number of benzene rings is 2. The van der Waals surface area contributed by atoms with E-state index in [4.69, 9.17) is 37.3 Å². The summed E-state index contributed by atoms with van der Waals surface area (Å²) in [6, 6.07) is 11.0. The van der Waals surface area contributed by atoms with Gasteiger partial charge in [-0.05, 0) is 108 Å². The average molecular weight is 873 g/mol. The molecular weight excluding hydrogens is 817 g/mol. The first-order valence-corrected chi connectivity index (χ1v) is 25.3. The number of hydrogen-bond acceptors (Lipinski definition) is 6. The third-order valence-electron chi connectivity index (χ3n) is 14.6. The van der Waals surface area contributed by atoms with Gasteiger partial charge in [-0.3, -0.25) is 4.79 Å². The van der Waals surface area contributed by atoms with Crippen molar-refractivity contribution in [2.24, 2.45) is 11.8 Å². The van der Waals surface area contributed by atoms with E-state index < -0.39 is 19.7 Å². The highest BCUT2D eigenvalue weighted by molar-refractivity contribution is 6.74. The molecule has 2 aromatic heterocycles. The minimum atomic E-state index is -2.25. The maximum atomic E-state index is 17.6. The van der Waals surface area contributed by atoms with Crippen molar-refractivity contribution in [3.8, 4) is 17.2 Å². The number of aryl methyl sites for hydroxylation is 2. The van der Waals surface area contributed by atoms with Crippen LogP contribution < -0.4 is 0 Å². The number of amides is 2. The molecule has 5 heterocycles. The molecule has 60 heavy (non-hydrogen) atoms. The number of halogens is 3. The van der Waals surface area contributed by atoms with Gasteiger partial charge in [-0.1, -0.05) is 56.1 Å². The maximum absolute atomic E-state index is 17.6. The molecule has 3 saturated heterocycles. The fraction of sp³-hybridized carbons (Fsp3) is 0.574. The molecular formula is C47H56Cl2FN5O4Si. The van der Waals surface area contributed by atoms with Gasteiger partial charge in [0, 0.05) is 64.5 Å². The molecule has 1 spiro atoms. The SMILES string of the molecule is Cc1nc2c(F)c(-c3cccc(Cl)c3Cl)c(CCC#N)cc2c2c1cc([C@H]1C[C@H](O[Si](C)(C)C(C)(C)C)C3(CC3)N1C(=O)C1CC1)n2[C@H]1[C@@H]2C[C@H]1N(C(=O)OC(C)(C)C)C2. The quantitative estimate of drug-likeness (QED) is 0.163. The van der Waals surface area contributed by atoms with Gasteiger partial charge in [0.15, 0.2) is 14.1 Å². The van der Waals surface area contributed by atoms with Crippen LogP contribution in [-0.2, 0) is 20.4 Å². The number of carbonyl (C=O) groups excluding carboxylic acids is 2. The van der Waals surface area contributed by atoms with Gasteiger partial charge >= 0.3 is 6.09 Å². The highest BCUT2D eigenvalue weighted by Gasteiger charge is 2.66. The van der Waals surface area contributed by atoms with Gasteiger partial charge in [0.25, 0.3) is 0 Å². The molecule has 0 radical (unpaired) electrons. The van der Waals surface area contributed by atoms with Crippen LogP contribution in [0.1, 0.15) is 116 Å². The molecule has 13 heteroatoms. The Morgan fingerprint density at radius 1 is 1.07 bits per heavy atom. The summed E-state index contributed by atoms with van der Waals surface area (Å²) in [5, 5.41) is 11.8. The lowest BCUT2D eigenvalue weighted by Crippen LogP contribution is -2.50. The lowest BCUT2D eigenvalue weighted by molar-refractivity contribution is -0.137. The second-order valence-electron chi connectivity index (χ2n) is 20.7. The van der Waals surface area contributed by atoms with Crippen LogP contribution in [0.5, 0.6) is 0 Å². The van der Waals surface area contributed by atoms with E-state index >= 15 is 4.39 Å². The van der Waals surface area contributed by atoms with Crippen LogP contribution in [0.3, 0.4) is 0 Å². The number of rotatable bonds is 8. The first-order valence-electron chi connectivity index (χ1n) is 21.7. The summed E-state index contributed by atoms with van der Waals surface area (Å²) < 4.78 is 33.2. The number of ether oxygens (including phenoxy) is 1. The molecule has 3 saturated carbocycles. The molecule has 318 valence electrons. The summed E-state index contributed by atoms with van der Waals surface area (Å²) in [4.78, 5) is 37.6. The molecule has 0 unspecified atom stereocenters. The van der Waals surface area contributed by atoms with Crippen molar-refractivity contribution in [2.75, 3.05) is 6.54 Å². The first-order chi connectivity index (χ1) is 28.2. The summed E-state index contributed by atoms with van der Waals surface area (Å²) >= 11 is 13.3. The molecule has 9 nitrogen and oxygen atoms in total. The Morgan fingerprint density at radius 3 is 2.42 bits per heavy atom. The lowest BCUT2D eigenvalue weighted by atomic mass is 9.79. The largest absolute Gasteiger partial charge is 0.444 e. The van der Waals surface area contributed by atoms with Crippen molar-refractivity contribution in [3.05, 3.63) is 63.1 Å². The minimum absolute atomic E-state index is 0.00900. The fourth-order valence-electron chi connectivity index (χ4n) is 10.3. The monoisotopic (exact) mass is 871 g/mol. The summed E-state index contributed by atoms with van der Waals surface area (Å²) in [7, 11) is -2.25. The van der Waals surface area contributed by atoms with E-state index in [1.807, 2.05) is 38.7 Å². The molecule has 2 bridgehead atoms. The van der Waals surface area contributed by atoms with Crippen LogP contribution in [-0.4, -0.2) is 69.5 Å². The highest BCUT2D eigenvalue weighted by atomic mass is 35.5. The topological polar surface area (TPSA) is 101 Å². The Labute approximate surface area is 363 Å². The summed E-state index contributed by atoms with van der Waals surface area (Å²) in [6.07, 6.45) is 5.05. The third kappa shape index (κ3) is 6.57. The number of nitrogens with zero attached hydrogens (tertiary/aromatic N) is 5. The van der Waals surface area contributed by atoms with Crippen molar-refractivity contribution < 1.29 is 23.1 Å². The fourth-order valence-corrected chi connectivity index (χ4v) is 12.1. The zero-order valence-electron chi connectivity index (χ0n) is 36.2. The van der Waals surface area contributed by atoms with Crippen LogP contribution in [0.2, 0.25) is 28.2 Å². The molecule has 2 aromatic carbocycles. The van der Waals surface area contributed by atoms with Crippen LogP contribution in [0, 0.1) is 35.9 Å². The van der Waals surface area contributed by atoms with Gasteiger partial charge in [-0.2, -0.15) is 5.26 Å². The standard InChI is InChI=1S/C47H56Cl2FN5O4Si/c1-25-30-22-33(34-23-36(59-60(8,9)46(5,6)7)47(17-18-47)55(34)43(56)26-15-16-26)54(41-28-21-35(41)53(24-28)44(57)58-45(2,3)4)42(30)31-20-27(12-11-19-51)37(39(50)40(31)52-25)29-13-10-14-32(48)38(29)49/h10,13-14,20,22,26,28,34-36,41H,11-12,15-18,21,23-24H2,1-9H3/t28-,34-,35-,36+,41+/m1/s1. The van der Waals surface area contributed by atoms with E-state index in [-0.39, 0.29) is 87.6 Å². The molecule has 5 atom stereocenters. The number of carbonyl (C=O) groups is 2. The maximum Gasteiger partial charge on any atom is 0.410 e. The predicted molar refractivity (Wildman–Crippen MR) is 236 cm³/mol. The van der Waals surface area contributed by atoms with E-state index in [9.17, 15) is 14.9 Å². The summed E-state index contributed by atoms with van der Waals surface area (Å²) in [6.45, 7) is 19.5. The predicted octanol–water partition coefficient (Wildman–Crippen LogP) is 11.9. The summed E-state index contributed by atoms with van der Waals surface area (Å²) in [5.41, 5.74) is 3.00. The van der Waals surface area contributed by atoms with Crippen LogP contribution >= 0.6 is 23.2 Å². The molecule has 3 aliphatic carbocycles. The number of likely N-dealkylation sites (tertiary alicyclic amines) is 1. The minimum Gasteiger partial charge on any atom is -0.444 e. The zero-order valence-corrected chi connectivity index (χ0v) is 38.7. The Bertz CT molecular complexity index is 2510. The van der Waals surface area contributed by atoms with Gasteiger partial charge < -0.3 is 23.5 Å². The molecule has 3 aliphatic heterocycles. The van der Waals surface area contributed by atoms with E-state index in [1.54, 1.807) is 18.2 Å². The van der Waals surface area contributed by atoms with Crippen LogP contribution in [0.15, 0.2) is 30.3 Å². The molecule has 6 aliphatic rings. The molecule has 6 fully saturated rings. The molecule has 2 amide bonds. The van der Waals surface area contributed by atoms with E-state index in [0.717, 1.165) is 48.7 Å².